The van der Waals surface area contributed by atoms with E-state index in [4.69, 9.17) is 10.5 Å². The molecule has 2 N–H and O–H groups in total. The van der Waals surface area contributed by atoms with Crippen molar-refractivity contribution in [2.75, 3.05) is 32.8 Å². The lowest BCUT2D eigenvalue weighted by Gasteiger charge is -2.45. The van der Waals surface area contributed by atoms with Gasteiger partial charge in [0.15, 0.2) is 0 Å². The van der Waals surface area contributed by atoms with E-state index in [2.05, 4.69) is 4.90 Å². The minimum absolute atomic E-state index is 0.767. The second-order valence-electron chi connectivity index (χ2n) is 3.79. The van der Waals surface area contributed by atoms with Crippen molar-refractivity contribution >= 4 is 0 Å². The van der Waals surface area contributed by atoms with E-state index in [1.165, 1.54) is 12.8 Å². The molecule has 2 rings (SSSR count). The van der Waals surface area contributed by atoms with Crippen molar-refractivity contribution < 1.29 is 4.74 Å². The summed E-state index contributed by atoms with van der Waals surface area (Å²) in [7, 11) is 0. The largest absolute Gasteiger partial charge is 0.379 e. The molecular weight excluding hydrogens is 152 g/mol. The van der Waals surface area contributed by atoms with Gasteiger partial charge in [-0.25, -0.2) is 0 Å². The van der Waals surface area contributed by atoms with Gasteiger partial charge in [-0.2, -0.15) is 0 Å². The summed E-state index contributed by atoms with van der Waals surface area (Å²) in [4.78, 5) is 2.55. The second-order valence-corrected chi connectivity index (χ2v) is 3.79. The molecule has 3 heteroatoms. The van der Waals surface area contributed by atoms with Gasteiger partial charge < -0.3 is 10.5 Å². The van der Waals surface area contributed by atoms with E-state index < -0.39 is 0 Å². The molecule has 2 fully saturated rings. The molecule has 70 valence electrons. The molecule has 2 atom stereocenters. The van der Waals surface area contributed by atoms with Gasteiger partial charge in [-0.1, -0.05) is 0 Å². The minimum atomic E-state index is 0.767. The van der Waals surface area contributed by atoms with Crippen molar-refractivity contribution in [3.05, 3.63) is 0 Å². The number of hydrogen-bond donors (Lipinski definition) is 1. The fourth-order valence-electron chi connectivity index (χ4n) is 2.22. The smallest absolute Gasteiger partial charge is 0.0594 e. The predicted octanol–water partition coefficient (Wildman–Crippen LogP) is 0.0559. The highest BCUT2D eigenvalue weighted by Gasteiger charge is 2.34. The van der Waals surface area contributed by atoms with Crippen LogP contribution in [-0.4, -0.2) is 43.8 Å². The summed E-state index contributed by atoms with van der Waals surface area (Å²) in [6.07, 6.45) is 2.68. The van der Waals surface area contributed by atoms with Gasteiger partial charge in [0.2, 0.25) is 0 Å². The topological polar surface area (TPSA) is 38.5 Å². The van der Waals surface area contributed by atoms with E-state index in [1.807, 2.05) is 0 Å². The highest BCUT2D eigenvalue weighted by molar-refractivity contribution is 4.89. The fraction of sp³-hybridized carbons (Fsp3) is 1.00. The van der Waals surface area contributed by atoms with Crippen LogP contribution < -0.4 is 5.73 Å². The van der Waals surface area contributed by atoms with Crippen molar-refractivity contribution in [3.8, 4) is 0 Å². The monoisotopic (exact) mass is 170 g/mol. The number of nitrogens with two attached hydrogens (primary N) is 1. The number of ether oxygens (including phenoxy) is 1. The normalized spacial score (nSPS) is 37.8. The third kappa shape index (κ3) is 1.49. The van der Waals surface area contributed by atoms with E-state index in [-0.39, 0.29) is 0 Å². The molecule has 1 aliphatic heterocycles. The molecule has 2 unspecified atom stereocenters. The van der Waals surface area contributed by atoms with Gasteiger partial charge in [0.1, 0.15) is 0 Å². The zero-order valence-electron chi connectivity index (χ0n) is 7.54. The van der Waals surface area contributed by atoms with Gasteiger partial charge in [0.25, 0.3) is 0 Å². The van der Waals surface area contributed by atoms with E-state index in [0.29, 0.717) is 0 Å². The van der Waals surface area contributed by atoms with E-state index in [9.17, 15) is 0 Å². The molecule has 3 nitrogen and oxygen atoms in total. The first kappa shape index (κ1) is 8.48. The van der Waals surface area contributed by atoms with Crippen LogP contribution in [0.25, 0.3) is 0 Å². The Morgan fingerprint density at radius 3 is 2.50 bits per heavy atom. The lowest BCUT2D eigenvalue weighted by Crippen LogP contribution is -2.53. The third-order valence-corrected chi connectivity index (χ3v) is 3.19. The van der Waals surface area contributed by atoms with Crippen LogP contribution in [0.15, 0.2) is 0 Å². The fourth-order valence-corrected chi connectivity index (χ4v) is 2.22. The van der Waals surface area contributed by atoms with Crippen LogP contribution in [-0.2, 0) is 4.74 Å². The van der Waals surface area contributed by atoms with Gasteiger partial charge in [0, 0.05) is 19.1 Å². The Balaban J connectivity index is 1.82. The average molecular weight is 170 g/mol. The molecule has 2 aliphatic rings. The lowest BCUT2D eigenvalue weighted by molar-refractivity contribution is -0.0233. The highest BCUT2D eigenvalue weighted by atomic mass is 16.5. The molecule has 1 heterocycles. The molecule has 0 aromatic carbocycles. The predicted molar refractivity (Wildman–Crippen MR) is 48.0 cm³/mol. The Labute approximate surface area is 73.9 Å². The van der Waals surface area contributed by atoms with Gasteiger partial charge in [-0.15, -0.1) is 0 Å². The van der Waals surface area contributed by atoms with Gasteiger partial charge in [-0.3, -0.25) is 4.90 Å². The summed E-state index contributed by atoms with van der Waals surface area (Å²) < 4.78 is 5.31. The van der Waals surface area contributed by atoms with Crippen LogP contribution in [0.1, 0.15) is 12.8 Å². The summed E-state index contributed by atoms with van der Waals surface area (Å²) in [6, 6.07) is 0.777. The third-order valence-electron chi connectivity index (χ3n) is 3.19. The molecule has 0 aromatic heterocycles. The zero-order chi connectivity index (χ0) is 8.39. The Morgan fingerprint density at radius 1 is 1.25 bits per heavy atom. The molecule has 0 aromatic rings. The van der Waals surface area contributed by atoms with Crippen LogP contribution in [0.2, 0.25) is 0 Å². The molecule has 1 saturated heterocycles. The molecular formula is C9H18N2O. The number of rotatable bonds is 2. The van der Waals surface area contributed by atoms with E-state index in [0.717, 1.165) is 44.8 Å². The van der Waals surface area contributed by atoms with Crippen LogP contribution >= 0.6 is 0 Å². The summed E-state index contributed by atoms with van der Waals surface area (Å²) in [5.41, 5.74) is 5.67. The minimum Gasteiger partial charge on any atom is -0.379 e. The van der Waals surface area contributed by atoms with Gasteiger partial charge >= 0.3 is 0 Å². The highest BCUT2D eigenvalue weighted by Crippen LogP contribution is 2.31. The van der Waals surface area contributed by atoms with Crippen LogP contribution in [0.3, 0.4) is 0 Å². The maximum Gasteiger partial charge on any atom is 0.0594 e. The zero-order valence-corrected chi connectivity index (χ0v) is 7.54. The molecule has 12 heavy (non-hydrogen) atoms. The Bertz CT molecular complexity index is 143. The first-order valence-electron chi connectivity index (χ1n) is 4.93. The Hall–Kier alpha value is -0.120. The summed E-state index contributed by atoms with van der Waals surface area (Å²) in [6.45, 7) is 4.91. The molecule has 1 aliphatic carbocycles. The first-order valence-corrected chi connectivity index (χ1v) is 4.93. The average Bonchev–Trinajstić information content (AvgIpc) is 2.05. The van der Waals surface area contributed by atoms with Gasteiger partial charge in [-0.05, 0) is 25.3 Å². The van der Waals surface area contributed by atoms with Crippen molar-refractivity contribution in [1.82, 2.24) is 4.90 Å². The molecule has 0 bridgehead atoms. The van der Waals surface area contributed by atoms with E-state index >= 15 is 0 Å². The van der Waals surface area contributed by atoms with Crippen molar-refractivity contribution in [2.24, 2.45) is 11.7 Å². The quantitative estimate of drug-likeness (QED) is 0.636. The van der Waals surface area contributed by atoms with Gasteiger partial charge in [0.05, 0.1) is 13.2 Å². The van der Waals surface area contributed by atoms with Crippen LogP contribution in [0.5, 0.6) is 0 Å². The Morgan fingerprint density at radius 2 is 2.00 bits per heavy atom. The Kier molecular flexibility index (Phi) is 2.63. The summed E-state index contributed by atoms with van der Waals surface area (Å²) in [5.74, 6) is 0.767. The van der Waals surface area contributed by atoms with E-state index in [1.54, 1.807) is 0 Å². The molecule has 1 saturated carbocycles. The maximum absolute atomic E-state index is 5.67. The molecule has 0 spiro atoms. The van der Waals surface area contributed by atoms with Crippen molar-refractivity contribution in [2.45, 2.75) is 18.9 Å². The number of morpholine rings is 1. The number of hydrogen-bond acceptors (Lipinski definition) is 3. The second kappa shape index (κ2) is 3.73. The summed E-state index contributed by atoms with van der Waals surface area (Å²) in [5, 5.41) is 0. The standard InChI is InChI=1S/C9H18N2O/c10-7-8-1-2-9(8)11-3-5-12-6-4-11/h8-9H,1-7,10H2. The first-order chi connectivity index (χ1) is 5.92. The molecule has 0 radical (unpaired) electrons. The lowest BCUT2D eigenvalue weighted by atomic mass is 9.78. The van der Waals surface area contributed by atoms with Crippen LogP contribution in [0, 0.1) is 5.92 Å². The summed E-state index contributed by atoms with van der Waals surface area (Å²) >= 11 is 0. The van der Waals surface area contributed by atoms with Crippen molar-refractivity contribution in [3.63, 3.8) is 0 Å². The van der Waals surface area contributed by atoms with Crippen molar-refractivity contribution in [1.29, 1.82) is 0 Å². The SMILES string of the molecule is NCC1CCC1N1CCOCC1. The maximum atomic E-state index is 5.67. The van der Waals surface area contributed by atoms with Crippen LogP contribution in [0.4, 0.5) is 0 Å². The molecule has 0 amide bonds. The number of nitrogens with zero attached hydrogens (tertiary/aromatic N) is 1.